The van der Waals surface area contributed by atoms with E-state index in [1.54, 1.807) is 0 Å². The van der Waals surface area contributed by atoms with Crippen molar-refractivity contribution in [1.29, 1.82) is 0 Å². The lowest BCUT2D eigenvalue weighted by atomic mass is 10.0. The highest BCUT2D eigenvalue weighted by Crippen LogP contribution is 2.29. The number of fused-ring (bicyclic) bond motifs is 1. The number of nitrogens with zero attached hydrogens (tertiary/aromatic N) is 4. The number of aromatic nitrogens is 4. The second-order valence-corrected chi connectivity index (χ2v) is 5.73. The van der Waals surface area contributed by atoms with Crippen molar-refractivity contribution in [2.75, 3.05) is 0 Å². The van der Waals surface area contributed by atoms with Crippen molar-refractivity contribution in [3.8, 4) is 11.3 Å². The van der Waals surface area contributed by atoms with Crippen LogP contribution in [0.4, 0.5) is 0 Å². The average Bonchev–Trinajstić information content (AvgIpc) is 3.15. The highest BCUT2D eigenvalue weighted by atomic mass is 16.4. The topological polar surface area (TPSA) is 56.7 Å². The summed E-state index contributed by atoms with van der Waals surface area (Å²) in [5, 5.41) is 13.6. The van der Waals surface area contributed by atoms with Crippen LogP contribution in [0.2, 0.25) is 0 Å². The average molecular weight is 304 g/mol. The van der Waals surface area contributed by atoms with Crippen LogP contribution in [0.15, 0.2) is 53.3 Å². The number of aryl methyl sites for hydroxylation is 2. The molecule has 23 heavy (non-hydrogen) atoms. The van der Waals surface area contributed by atoms with Gasteiger partial charge in [0.25, 0.3) is 0 Å². The molecule has 0 aliphatic heterocycles. The van der Waals surface area contributed by atoms with Gasteiger partial charge in [-0.3, -0.25) is 4.68 Å². The van der Waals surface area contributed by atoms with Gasteiger partial charge in [0.1, 0.15) is 12.2 Å². The Labute approximate surface area is 133 Å². The van der Waals surface area contributed by atoms with E-state index in [9.17, 15) is 0 Å². The van der Waals surface area contributed by atoms with E-state index in [1.165, 1.54) is 17.5 Å². The van der Waals surface area contributed by atoms with Gasteiger partial charge in [-0.25, -0.2) is 0 Å². The summed E-state index contributed by atoms with van der Waals surface area (Å²) in [7, 11) is 0. The minimum Gasteiger partial charge on any atom is -0.426 e. The molecule has 0 aliphatic carbocycles. The molecule has 0 amide bonds. The molecule has 2 aromatic carbocycles. The Morgan fingerprint density at radius 1 is 1.04 bits per heavy atom. The van der Waals surface area contributed by atoms with Crippen LogP contribution in [0.5, 0.6) is 0 Å². The minimum absolute atomic E-state index is 0.464. The van der Waals surface area contributed by atoms with Gasteiger partial charge >= 0.3 is 0 Å². The normalized spacial score (nSPS) is 11.2. The summed E-state index contributed by atoms with van der Waals surface area (Å²) < 4.78 is 7.17. The minimum atomic E-state index is 0.464. The molecule has 5 nitrogen and oxygen atoms in total. The molecule has 0 N–H and O–H groups in total. The lowest BCUT2D eigenvalue weighted by Gasteiger charge is -2.02. The van der Waals surface area contributed by atoms with Crippen molar-refractivity contribution in [3.05, 3.63) is 65.9 Å². The first-order valence-electron chi connectivity index (χ1n) is 7.50. The van der Waals surface area contributed by atoms with Crippen LogP contribution in [0.3, 0.4) is 0 Å². The molecule has 114 valence electrons. The van der Waals surface area contributed by atoms with E-state index < -0.39 is 0 Å². The molecule has 0 spiro atoms. The van der Waals surface area contributed by atoms with Crippen LogP contribution in [0.25, 0.3) is 22.2 Å². The number of para-hydroxylation sites is 1. The van der Waals surface area contributed by atoms with Gasteiger partial charge in [0.2, 0.25) is 12.3 Å². The summed E-state index contributed by atoms with van der Waals surface area (Å²) in [4.78, 5) is 0. The summed E-state index contributed by atoms with van der Waals surface area (Å²) in [5.41, 5.74) is 5.63. The number of rotatable bonds is 3. The fraction of sp³-hybridized carbons (Fsp3) is 0.167. The Kier molecular flexibility index (Phi) is 3.19. The Balaban J connectivity index is 1.90. The molecule has 0 aliphatic rings. The van der Waals surface area contributed by atoms with Crippen molar-refractivity contribution in [2.24, 2.45) is 0 Å². The third-order valence-corrected chi connectivity index (χ3v) is 3.84. The number of benzene rings is 2. The fourth-order valence-corrected chi connectivity index (χ4v) is 2.97. The third kappa shape index (κ3) is 2.50. The molecule has 0 atom stereocenters. The SMILES string of the molecule is Cc1cc(C)cc(-c2nn(Cc3nnco3)c3ccccc23)c1. The van der Waals surface area contributed by atoms with Gasteiger partial charge in [-0.05, 0) is 32.0 Å². The van der Waals surface area contributed by atoms with Gasteiger partial charge in [-0.2, -0.15) is 5.10 Å². The Morgan fingerprint density at radius 2 is 1.83 bits per heavy atom. The summed E-state index contributed by atoms with van der Waals surface area (Å²) in [6.45, 7) is 4.67. The van der Waals surface area contributed by atoms with Crippen LogP contribution in [-0.2, 0) is 6.54 Å². The second-order valence-electron chi connectivity index (χ2n) is 5.73. The van der Waals surface area contributed by atoms with Crippen LogP contribution in [0, 0.1) is 13.8 Å². The predicted molar refractivity (Wildman–Crippen MR) is 88.0 cm³/mol. The van der Waals surface area contributed by atoms with Crippen molar-refractivity contribution in [1.82, 2.24) is 20.0 Å². The van der Waals surface area contributed by atoms with Crippen molar-refractivity contribution < 1.29 is 4.42 Å². The molecule has 0 bridgehead atoms. The molecule has 0 saturated heterocycles. The molecule has 5 heteroatoms. The van der Waals surface area contributed by atoms with E-state index in [2.05, 4.69) is 54.4 Å². The summed E-state index contributed by atoms with van der Waals surface area (Å²) >= 11 is 0. The Bertz CT molecular complexity index is 950. The monoisotopic (exact) mass is 304 g/mol. The molecule has 0 unspecified atom stereocenters. The van der Waals surface area contributed by atoms with Gasteiger partial charge < -0.3 is 4.42 Å². The van der Waals surface area contributed by atoms with E-state index in [1.807, 2.05) is 16.8 Å². The molecular formula is C18H16N4O. The van der Waals surface area contributed by atoms with Crippen molar-refractivity contribution >= 4 is 10.9 Å². The van der Waals surface area contributed by atoms with Gasteiger partial charge in [0, 0.05) is 10.9 Å². The van der Waals surface area contributed by atoms with Gasteiger partial charge in [0.15, 0.2) is 0 Å². The van der Waals surface area contributed by atoms with Crippen molar-refractivity contribution in [3.63, 3.8) is 0 Å². The van der Waals surface area contributed by atoms with Crippen LogP contribution in [0.1, 0.15) is 17.0 Å². The van der Waals surface area contributed by atoms with E-state index in [-0.39, 0.29) is 0 Å². The second kappa shape index (κ2) is 5.35. The molecule has 4 rings (SSSR count). The first kappa shape index (κ1) is 13.7. The Hall–Kier alpha value is -2.95. The maximum Gasteiger partial charge on any atom is 0.237 e. The smallest absolute Gasteiger partial charge is 0.237 e. The molecule has 2 heterocycles. The summed E-state index contributed by atoms with van der Waals surface area (Å²) in [6, 6.07) is 14.7. The number of hydrogen-bond donors (Lipinski definition) is 0. The number of hydrogen-bond acceptors (Lipinski definition) is 4. The zero-order valence-electron chi connectivity index (χ0n) is 13.0. The Morgan fingerprint density at radius 3 is 2.57 bits per heavy atom. The first-order valence-corrected chi connectivity index (χ1v) is 7.50. The van der Waals surface area contributed by atoms with Crippen LogP contribution >= 0.6 is 0 Å². The van der Waals surface area contributed by atoms with E-state index >= 15 is 0 Å². The fourth-order valence-electron chi connectivity index (χ4n) is 2.97. The first-order chi connectivity index (χ1) is 11.2. The van der Waals surface area contributed by atoms with E-state index in [4.69, 9.17) is 9.52 Å². The van der Waals surface area contributed by atoms with Crippen LogP contribution in [-0.4, -0.2) is 20.0 Å². The zero-order chi connectivity index (χ0) is 15.8. The quantitative estimate of drug-likeness (QED) is 0.578. The largest absolute Gasteiger partial charge is 0.426 e. The summed E-state index contributed by atoms with van der Waals surface area (Å²) in [6.07, 6.45) is 1.34. The standard InChI is InChI=1S/C18H16N4O/c1-12-7-13(2)9-14(8-12)18-15-5-3-4-6-16(15)22(21-18)10-17-20-19-11-23-17/h3-9,11H,10H2,1-2H3. The van der Waals surface area contributed by atoms with Crippen molar-refractivity contribution in [2.45, 2.75) is 20.4 Å². The maximum atomic E-state index is 5.26. The maximum absolute atomic E-state index is 5.26. The molecule has 4 aromatic rings. The molecule has 0 radical (unpaired) electrons. The summed E-state index contributed by atoms with van der Waals surface area (Å²) in [5.74, 6) is 0.547. The van der Waals surface area contributed by atoms with E-state index in [0.29, 0.717) is 12.4 Å². The van der Waals surface area contributed by atoms with E-state index in [0.717, 1.165) is 22.2 Å². The highest BCUT2D eigenvalue weighted by molar-refractivity contribution is 5.93. The highest BCUT2D eigenvalue weighted by Gasteiger charge is 2.14. The lowest BCUT2D eigenvalue weighted by molar-refractivity contribution is 0.469. The molecular weight excluding hydrogens is 288 g/mol. The van der Waals surface area contributed by atoms with Crippen LogP contribution < -0.4 is 0 Å². The molecule has 0 fully saturated rings. The van der Waals surface area contributed by atoms with Gasteiger partial charge in [0.05, 0.1) is 5.52 Å². The zero-order valence-corrected chi connectivity index (χ0v) is 13.0. The van der Waals surface area contributed by atoms with Gasteiger partial charge in [-0.15, -0.1) is 10.2 Å². The lowest BCUT2D eigenvalue weighted by Crippen LogP contribution is -2.02. The third-order valence-electron chi connectivity index (χ3n) is 3.84. The molecule has 0 saturated carbocycles. The predicted octanol–water partition coefficient (Wildman–Crippen LogP) is 3.75. The molecule has 2 aromatic heterocycles. The van der Waals surface area contributed by atoms with Gasteiger partial charge in [-0.1, -0.05) is 35.4 Å².